The zero-order chi connectivity index (χ0) is 15.7. The van der Waals surface area contributed by atoms with E-state index >= 15 is 0 Å². The van der Waals surface area contributed by atoms with Crippen molar-refractivity contribution < 1.29 is 9.68 Å². The molecule has 0 unspecified atom stereocenters. The summed E-state index contributed by atoms with van der Waals surface area (Å²) in [7, 11) is -0.758. The topological polar surface area (TPSA) is 29.5 Å². The van der Waals surface area contributed by atoms with Gasteiger partial charge in [0.25, 0.3) is 0 Å². The first-order chi connectivity index (χ1) is 10.2. The summed E-state index contributed by atoms with van der Waals surface area (Å²) in [6.45, 7) is 8.65. The van der Waals surface area contributed by atoms with Gasteiger partial charge in [0, 0.05) is 0 Å². The number of rotatable bonds is 4. The van der Waals surface area contributed by atoms with Crippen molar-refractivity contribution in [2.75, 3.05) is 0 Å². The van der Waals surface area contributed by atoms with Crippen LogP contribution in [0.1, 0.15) is 45.2 Å². The van der Waals surface area contributed by atoms with E-state index < -0.39 is 7.12 Å². The smallest absolute Gasteiger partial charge is 0.423 e. The van der Waals surface area contributed by atoms with E-state index in [9.17, 15) is 5.02 Å². The number of hydrogen-bond acceptors (Lipinski definition) is 2. The predicted molar refractivity (Wildman–Crippen MR) is 92.4 cm³/mol. The molecule has 2 rings (SSSR count). The summed E-state index contributed by atoms with van der Waals surface area (Å²) in [6.07, 6.45) is 11.6. The van der Waals surface area contributed by atoms with Gasteiger partial charge in [0.15, 0.2) is 0 Å². The molecule has 0 aliphatic carbocycles. The van der Waals surface area contributed by atoms with Gasteiger partial charge in [-0.1, -0.05) is 63.3 Å². The molecule has 1 aliphatic heterocycles. The molecule has 0 spiro atoms. The van der Waals surface area contributed by atoms with Gasteiger partial charge in [0.1, 0.15) is 0 Å². The molecule has 3 heteroatoms. The molecule has 1 N–H and O–H groups in total. The Morgan fingerprint density at radius 3 is 2.76 bits per heavy atom. The van der Waals surface area contributed by atoms with E-state index in [1.165, 1.54) is 5.57 Å². The van der Waals surface area contributed by atoms with Gasteiger partial charge in [0.05, 0.1) is 6.61 Å². The second-order valence-corrected chi connectivity index (χ2v) is 4.55. The van der Waals surface area contributed by atoms with Gasteiger partial charge in [-0.3, -0.25) is 0 Å². The van der Waals surface area contributed by atoms with Crippen molar-refractivity contribution in [3.8, 4) is 0 Å². The van der Waals surface area contributed by atoms with Crippen molar-refractivity contribution in [2.45, 2.75) is 40.7 Å². The average molecular weight is 284 g/mol. The van der Waals surface area contributed by atoms with Crippen molar-refractivity contribution in [1.29, 1.82) is 0 Å². The molecule has 2 nitrogen and oxygen atoms in total. The van der Waals surface area contributed by atoms with Crippen LogP contribution in [-0.4, -0.2) is 12.1 Å². The van der Waals surface area contributed by atoms with E-state index in [2.05, 4.69) is 43.4 Å². The summed E-state index contributed by atoms with van der Waals surface area (Å²) in [6, 6.07) is 6.01. The molecule has 0 saturated carbocycles. The molecule has 1 aromatic rings. The molecular formula is C18H25BO2. The highest BCUT2D eigenvalue weighted by Crippen LogP contribution is 2.14. The monoisotopic (exact) mass is 284 g/mol. The van der Waals surface area contributed by atoms with Crippen LogP contribution in [0, 0.1) is 0 Å². The molecule has 0 atom stereocenters. The highest BCUT2D eigenvalue weighted by atomic mass is 16.5. The summed E-state index contributed by atoms with van der Waals surface area (Å²) >= 11 is 0. The van der Waals surface area contributed by atoms with E-state index in [4.69, 9.17) is 4.65 Å². The zero-order valence-electron chi connectivity index (χ0n) is 13.5. The molecule has 0 fully saturated rings. The van der Waals surface area contributed by atoms with Crippen LogP contribution in [0.3, 0.4) is 0 Å². The molecule has 0 radical (unpaired) electrons. The van der Waals surface area contributed by atoms with Crippen LogP contribution in [0.4, 0.5) is 0 Å². The Morgan fingerprint density at radius 1 is 1.33 bits per heavy atom. The summed E-state index contributed by atoms with van der Waals surface area (Å²) in [4.78, 5) is 0. The fourth-order valence-electron chi connectivity index (χ4n) is 2.05. The Kier molecular flexibility index (Phi) is 7.80. The van der Waals surface area contributed by atoms with Gasteiger partial charge in [-0.05, 0) is 41.6 Å². The Balaban J connectivity index is 0.00000106. The third-order valence-corrected chi connectivity index (χ3v) is 3.18. The van der Waals surface area contributed by atoms with Gasteiger partial charge in [0.2, 0.25) is 0 Å². The molecular weight excluding hydrogens is 259 g/mol. The fraction of sp³-hybridized carbons (Fsp3) is 0.333. The lowest BCUT2D eigenvalue weighted by atomic mass is 9.79. The molecule has 112 valence electrons. The molecule has 21 heavy (non-hydrogen) atoms. The molecule has 0 aromatic heterocycles. The molecule has 0 bridgehead atoms. The van der Waals surface area contributed by atoms with Crippen molar-refractivity contribution in [3.63, 3.8) is 0 Å². The quantitative estimate of drug-likeness (QED) is 0.672. The Bertz CT molecular complexity index is 530. The van der Waals surface area contributed by atoms with E-state index in [0.717, 1.165) is 23.0 Å². The molecule has 0 amide bonds. The first-order valence-corrected chi connectivity index (χ1v) is 7.68. The van der Waals surface area contributed by atoms with Gasteiger partial charge >= 0.3 is 7.12 Å². The van der Waals surface area contributed by atoms with Gasteiger partial charge < -0.3 is 9.68 Å². The van der Waals surface area contributed by atoms with Crippen LogP contribution in [0.25, 0.3) is 6.08 Å². The SMILES string of the molecule is C/C=C(\C=C/CC)/C=C/c1ccc2c(c1)COB2O.CC. The Hall–Kier alpha value is -1.58. The highest BCUT2D eigenvalue weighted by molar-refractivity contribution is 6.61. The first-order valence-electron chi connectivity index (χ1n) is 7.68. The summed E-state index contributed by atoms with van der Waals surface area (Å²) in [5, 5.41) is 9.57. The lowest BCUT2D eigenvalue weighted by Crippen LogP contribution is -2.27. The van der Waals surface area contributed by atoms with Crippen LogP contribution in [-0.2, 0) is 11.3 Å². The normalized spacial score (nSPS) is 14.5. The van der Waals surface area contributed by atoms with Crippen LogP contribution in [0.15, 0.2) is 48.1 Å². The molecule has 1 heterocycles. The maximum absolute atomic E-state index is 9.57. The van der Waals surface area contributed by atoms with Crippen LogP contribution in [0.5, 0.6) is 0 Å². The van der Waals surface area contributed by atoms with Gasteiger partial charge in [-0.25, -0.2) is 0 Å². The summed E-state index contributed by atoms with van der Waals surface area (Å²) in [5.41, 5.74) is 4.27. The van der Waals surface area contributed by atoms with Crippen molar-refractivity contribution >= 4 is 18.7 Å². The third-order valence-electron chi connectivity index (χ3n) is 3.18. The Labute approximate surface area is 129 Å². The lowest BCUT2D eigenvalue weighted by Gasteiger charge is -2.00. The zero-order valence-corrected chi connectivity index (χ0v) is 13.5. The number of benzene rings is 1. The second-order valence-electron chi connectivity index (χ2n) is 4.55. The largest absolute Gasteiger partial charge is 0.491 e. The second kappa shape index (κ2) is 9.38. The fourth-order valence-corrected chi connectivity index (χ4v) is 2.05. The van der Waals surface area contributed by atoms with Crippen molar-refractivity contribution in [3.05, 3.63) is 59.2 Å². The maximum Gasteiger partial charge on any atom is 0.491 e. The predicted octanol–water partition coefficient (Wildman–Crippen LogP) is 3.86. The average Bonchev–Trinajstić information content (AvgIpc) is 2.90. The van der Waals surface area contributed by atoms with Crippen molar-refractivity contribution in [2.24, 2.45) is 0 Å². The summed E-state index contributed by atoms with van der Waals surface area (Å²) in [5.74, 6) is 0. The van der Waals surface area contributed by atoms with E-state index in [1.807, 2.05) is 32.9 Å². The Morgan fingerprint density at radius 2 is 2.10 bits per heavy atom. The standard InChI is InChI=1S/C16H19BO2.C2H6/c1-3-5-6-13(4-2)7-8-14-9-10-16-15(11-14)12-19-17(16)18;1-2/h4-11,18H,3,12H2,1-2H3;1-2H3/b6-5-,8-7+,13-4+;. The van der Waals surface area contributed by atoms with E-state index in [1.54, 1.807) is 0 Å². The van der Waals surface area contributed by atoms with Crippen LogP contribution < -0.4 is 5.46 Å². The van der Waals surface area contributed by atoms with E-state index in [0.29, 0.717) is 6.61 Å². The maximum atomic E-state index is 9.57. The minimum Gasteiger partial charge on any atom is -0.423 e. The number of hydrogen-bond donors (Lipinski definition) is 1. The summed E-state index contributed by atoms with van der Waals surface area (Å²) < 4.78 is 5.19. The van der Waals surface area contributed by atoms with Crippen molar-refractivity contribution in [1.82, 2.24) is 0 Å². The minimum atomic E-state index is -0.758. The highest BCUT2D eigenvalue weighted by Gasteiger charge is 2.26. The van der Waals surface area contributed by atoms with E-state index in [-0.39, 0.29) is 0 Å². The molecule has 0 saturated heterocycles. The molecule has 1 aliphatic rings. The number of allylic oxidation sites excluding steroid dienone is 5. The van der Waals surface area contributed by atoms with Crippen LogP contribution >= 0.6 is 0 Å². The van der Waals surface area contributed by atoms with Gasteiger partial charge in [-0.2, -0.15) is 0 Å². The lowest BCUT2D eigenvalue weighted by molar-refractivity contribution is 0.275. The van der Waals surface area contributed by atoms with Gasteiger partial charge in [-0.15, -0.1) is 0 Å². The minimum absolute atomic E-state index is 0.490. The molecule has 1 aromatic carbocycles. The first kappa shape index (κ1) is 17.5. The third kappa shape index (κ3) is 5.03. The van der Waals surface area contributed by atoms with Crippen LogP contribution in [0.2, 0.25) is 0 Å². The number of fused-ring (bicyclic) bond motifs is 1.